The Labute approximate surface area is 117 Å². The van der Waals surface area contributed by atoms with Crippen LogP contribution in [-0.2, 0) is 0 Å². The van der Waals surface area contributed by atoms with Crippen molar-refractivity contribution in [2.75, 3.05) is 0 Å². The van der Waals surface area contributed by atoms with Gasteiger partial charge >= 0.3 is 0 Å². The maximum atomic E-state index is 13.7. The Bertz CT molecular complexity index is 539. The van der Waals surface area contributed by atoms with E-state index in [0.29, 0.717) is 12.8 Å². The summed E-state index contributed by atoms with van der Waals surface area (Å²) in [6.07, 6.45) is 2.66. The van der Waals surface area contributed by atoms with Crippen molar-refractivity contribution in [1.82, 2.24) is 5.32 Å². The molecule has 0 bridgehead atoms. The highest BCUT2D eigenvalue weighted by atomic mass is 79.9. The van der Waals surface area contributed by atoms with E-state index in [0.717, 1.165) is 25.0 Å². The lowest BCUT2D eigenvalue weighted by Crippen LogP contribution is -2.45. The minimum atomic E-state index is -0.997. The average Bonchev–Trinajstić information content (AvgIpc) is 2.76. The molecule has 0 atom stereocenters. The molecule has 0 aliphatic heterocycles. The molecule has 1 aliphatic rings. The summed E-state index contributed by atoms with van der Waals surface area (Å²) < 4.78 is 27.5. The SMILES string of the molecule is N#CC1(NC(=O)c2c(F)cc(Br)cc2F)CCCC1. The molecular weight excluding hydrogens is 318 g/mol. The van der Waals surface area contributed by atoms with Crippen LogP contribution in [0.3, 0.4) is 0 Å². The first-order chi connectivity index (χ1) is 8.97. The highest BCUT2D eigenvalue weighted by Crippen LogP contribution is 2.30. The summed E-state index contributed by atoms with van der Waals surface area (Å²) in [5.74, 6) is -2.78. The monoisotopic (exact) mass is 328 g/mol. The molecule has 1 N–H and O–H groups in total. The third-order valence-corrected chi connectivity index (χ3v) is 3.72. The van der Waals surface area contributed by atoms with E-state index < -0.39 is 28.6 Å². The molecule has 0 heterocycles. The van der Waals surface area contributed by atoms with Crippen molar-refractivity contribution in [1.29, 1.82) is 5.26 Å². The third-order valence-electron chi connectivity index (χ3n) is 3.26. The standard InChI is InChI=1S/C13H11BrF2N2O/c14-8-5-9(15)11(10(16)6-8)12(19)18-13(7-17)3-1-2-4-13/h5-6H,1-4H2,(H,18,19). The number of rotatable bonds is 2. The Kier molecular flexibility index (Phi) is 3.85. The molecule has 1 fully saturated rings. The molecule has 0 aromatic heterocycles. The van der Waals surface area contributed by atoms with Gasteiger partial charge in [0.25, 0.3) is 5.91 Å². The van der Waals surface area contributed by atoms with Crippen molar-refractivity contribution >= 4 is 21.8 Å². The van der Waals surface area contributed by atoms with Crippen LogP contribution < -0.4 is 5.32 Å². The second-order valence-corrected chi connectivity index (χ2v) is 5.52. The minimum Gasteiger partial charge on any atom is -0.334 e. The molecule has 19 heavy (non-hydrogen) atoms. The van der Waals surface area contributed by atoms with Crippen LogP contribution in [0.25, 0.3) is 0 Å². The summed E-state index contributed by atoms with van der Waals surface area (Å²) in [6.45, 7) is 0. The molecule has 2 rings (SSSR count). The highest BCUT2D eigenvalue weighted by molar-refractivity contribution is 9.10. The number of benzene rings is 1. The first kappa shape index (κ1) is 13.9. The van der Waals surface area contributed by atoms with Gasteiger partial charge in [-0.1, -0.05) is 15.9 Å². The van der Waals surface area contributed by atoms with Gasteiger partial charge in [0.1, 0.15) is 22.7 Å². The normalized spacial score (nSPS) is 16.9. The number of carbonyl (C=O) groups is 1. The van der Waals surface area contributed by atoms with Crippen molar-refractivity contribution in [2.24, 2.45) is 0 Å². The van der Waals surface area contributed by atoms with E-state index in [1.54, 1.807) is 0 Å². The number of nitrogens with zero attached hydrogens (tertiary/aromatic N) is 1. The lowest BCUT2D eigenvalue weighted by molar-refractivity contribution is 0.0912. The van der Waals surface area contributed by atoms with Crippen LogP contribution in [0.15, 0.2) is 16.6 Å². The van der Waals surface area contributed by atoms with Crippen LogP contribution in [0, 0.1) is 23.0 Å². The van der Waals surface area contributed by atoms with E-state index in [-0.39, 0.29) is 4.47 Å². The Morgan fingerprint density at radius 2 is 1.84 bits per heavy atom. The first-order valence-corrected chi connectivity index (χ1v) is 6.65. The number of carbonyl (C=O) groups excluding carboxylic acids is 1. The molecule has 1 aromatic carbocycles. The molecular formula is C13H11BrF2N2O. The predicted molar refractivity (Wildman–Crippen MR) is 68.3 cm³/mol. The Morgan fingerprint density at radius 1 is 1.32 bits per heavy atom. The number of hydrogen-bond acceptors (Lipinski definition) is 2. The number of nitriles is 1. The van der Waals surface area contributed by atoms with Gasteiger partial charge in [-0.05, 0) is 37.8 Å². The summed E-state index contributed by atoms with van der Waals surface area (Å²) in [6, 6.07) is 4.08. The molecule has 6 heteroatoms. The molecule has 1 aliphatic carbocycles. The van der Waals surface area contributed by atoms with Gasteiger partial charge in [-0.15, -0.1) is 0 Å². The fourth-order valence-electron chi connectivity index (χ4n) is 2.28. The van der Waals surface area contributed by atoms with E-state index in [9.17, 15) is 13.6 Å². The molecule has 0 unspecified atom stereocenters. The maximum absolute atomic E-state index is 13.7. The zero-order valence-corrected chi connectivity index (χ0v) is 11.6. The van der Waals surface area contributed by atoms with Crippen molar-refractivity contribution in [2.45, 2.75) is 31.2 Å². The largest absolute Gasteiger partial charge is 0.334 e. The molecule has 100 valence electrons. The van der Waals surface area contributed by atoms with Crippen LogP contribution in [0.2, 0.25) is 0 Å². The van der Waals surface area contributed by atoms with Crippen LogP contribution in [-0.4, -0.2) is 11.4 Å². The van der Waals surface area contributed by atoms with Gasteiger partial charge < -0.3 is 5.32 Å². The van der Waals surface area contributed by atoms with E-state index >= 15 is 0 Å². The van der Waals surface area contributed by atoms with Gasteiger partial charge in [-0.2, -0.15) is 5.26 Å². The summed E-state index contributed by atoms with van der Waals surface area (Å²) in [5, 5.41) is 11.6. The smallest absolute Gasteiger partial charge is 0.258 e. The van der Waals surface area contributed by atoms with Crippen molar-refractivity contribution in [3.8, 4) is 6.07 Å². The molecule has 1 aromatic rings. The Balaban J connectivity index is 2.28. The van der Waals surface area contributed by atoms with Crippen molar-refractivity contribution in [3.05, 3.63) is 33.8 Å². The van der Waals surface area contributed by atoms with E-state index in [1.165, 1.54) is 0 Å². The van der Waals surface area contributed by atoms with Gasteiger partial charge in [0.15, 0.2) is 0 Å². The van der Waals surface area contributed by atoms with Gasteiger partial charge in [-0.3, -0.25) is 4.79 Å². The maximum Gasteiger partial charge on any atom is 0.258 e. The zero-order valence-electron chi connectivity index (χ0n) is 9.97. The summed E-state index contributed by atoms with van der Waals surface area (Å²) >= 11 is 2.94. The number of amides is 1. The van der Waals surface area contributed by atoms with Crippen LogP contribution in [0.1, 0.15) is 36.0 Å². The number of nitrogens with one attached hydrogen (secondary N) is 1. The molecule has 3 nitrogen and oxygen atoms in total. The van der Waals surface area contributed by atoms with Crippen LogP contribution >= 0.6 is 15.9 Å². The average molecular weight is 329 g/mol. The van der Waals surface area contributed by atoms with Gasteiger partial charge in [0, 0.05) is 4.47 Å². The van der Waals surface area contributed by atoms with Crippen molar-refractivity contribution in [3.63, 3.8) is 0 Å². The molecule has 0 radical (unpaired) electrons. The Hall–Kier alpha value is -1.48. The molecule has 0 spiro atoms. The van der Waals surface area contributed by atoms with Crippen molar-refractivity contribution < 1.29 is 13.6 Å². The van der Waals surface area contributed by atoms with E-state index in [1.807, 2.05) is 6.07 Å². The predicted octanol–water partition coefficient (Wildman–Crippen LogP) is 3.29. The number of halogens is 3. The van der Waals surface area contributed by atoms with Crippen LogP contribution in [0.5, 0.6) is 0 Å². The number of hydrogen-bond donors (Lipinski definition) is 1. The van der Waals surface area contributed by atoms with E-state index in [2.05, 4.69) is 21.2 Å². The fraction of sp³-hybridized carbons (Fsp3) is 0.385. The molecule has 1 saturated carbocycles. The Morgan fingerprint density at radius 3 is 2.32 bits per heavy atom. The second kappa shape index (κ2) is 5.25. The molecule has 1 amide bonds. The summed E-state index contributed by atoms with van der Waals surface area (Å²) in [7, 11) is 0. The third kappa shape index (κ3) is 2.76. The quantitative estimate of drug-likeness (QED) is 0.905. The zero-order chi connectivity index (χ0) is 14.0. The topological polar surface area (TPSA) is 52.9 Å². The summed E-state index contributed by atoms with van der Waals surface area (Å²) in [4.78, 5) is 12.0. The van der Waals surface area contributed by atoms with Gasteiger partial charge in [0.05, 0.1) is 6.07 Å². The lowest BCUT2D eigenvalue weighted by atomic mass is 9.99. The fourth-order valence-corrected chi connectivity index (χ4v) is 2.68. The lowest BCUT2D eigenvalue weighted by Gasteiger charge is -2.22. The van der Waals surface area contributed by atoms with Crippen LogP contribution in [0.4, 0.5) is 8.78 Å². The summed E-state index contributed by atoms with van der Waals surface area (Å²) in [5.41, 5.74) is -1.65. The first-order valence-electron chi connectivity index (χ1n) is 5.86. The second-order valence-electron chi connectivity index (χ2n) is 4.60. The van der Waals surface area contributed by atoms with Gasteiger partial charge in [0.2, 0.25) is 0 Å². The van der Waals surface area contributed by atoms with Gasteiger partial charge in [-0.25, -0.2) is 8.78 Å². The minimum absolute atomic E-state index is 0.218. The highest BCUT2D eigenvalue weighted by Gasteiger charge is 2.36. The van der Waals surface area contributed by atoms with E-state index in [4.69, 9.17) is 5.26 Å². The molecule has 0 saturated heterocycles.